The molecule has 8 heteroatoms. The van der Waals surface area contributed by atoms with Crippen LogP contribution in [0, 0.1) is 0 Å². The smallest absolute Gasteiger partial charge is 0.265 e. The van der Waals surface area contributed by atoms with Crippen molar-refractivity contribution in [3.63, 3.8) is 0 Å². The summed E-state index contributed by atoms with van der Waals surface area (Å²) in [6.45, 7) is 0. The zero-order valence-corrected chi connectivity index (χ0v) is 25.7. The van der Waals surface area contributed by atoms with Crippen LogP contribution in [0.1, 0.15) is 41.4 Å². The fourth-order valence-corrected chi connectivity index (χ4v) is 7.45. The quantitative estimate of drug-likeness (QED) is 0.103. The van der Waals surface area contributed by atoms with Gasteiger partial charge in [-0.2, -0.15) is 0 Å². The number of hydrogen-bond donors (Lipinski definition) is 0. The Bertz CT molecular complexity index is 2190. The first-order valence-corrected chi connectivity index (χ1v) is 15.4. The third-order valence-corrected chi connectivity index (χ3v) is 9.86. The van der Waals surface area contributed by atoms with E-state index in [1.165, 1.54) is 9.80 Å². The molecule has 9 rings (SSSR count). The maximum Gasteiger partial charge on any atom is 0.265 e. The molecule has 0 saturated heterocycles. The molecule has 0 bridgehead atoms. The predicted octanol–water partition coefficient (Wildman–Crippen LogP) is 8.86. The molecule has 7 aromatic carbocycles. The number of amides is 4. The Morgan fingerprint density at radius 3 is 0.886 bits per heavy atom. The van der Waals surface area contributed by atoms with Crippen LogP contribution < -0.4 is 9.80 Å². The van der Waals surface area contributed by atoms with Crippen LogP contribution in [0.15, 0.2) is 106 Å². The number of rotatable bonds is 2. The fourth-order valence-electron chi connectivity index (χ4n) is 6.92. The Balaban J connectivity index is 1.31. The highest BCUT2D eigenvalue weighted by molar-refractivity contribution is 9.10. The van der Waals surface area contributed by atoms with E-state index in [4.69, 9.17) is 0 Å². The number of imide groups is 2. The Morgan fingerprint density at radius 1 is 0.341 bits per heavy atom. The van der Waals surface area contributed by atoms with Crippen LogP contribution in [0.5, 0.6) is 0 Å². The summed E-state index contributed by atoms with van der Waals surface area (Å²) in [5.41, 5.74) is 2.80. The highest BCUT2D eigenvalue weighted by atomic mass is 79.9. The van der Waals surface area contributed by atoms with Gasteiger partial charge in [-0.1, -0.05) is 56.1 Å². The summed E-state index contributed by atoms with van der Waals surface area (Å²) >= 11 is 6.83. The normalized spacial score (nSPS) is 14.7. The van der Waals surface area contributed by atoms with Gasteiger partial charge in [0.2, 0.25) is 0 Å². The van der Waals surface area contributed by atoms with Crippen molar-refractivity contribution in [3.8, 4) is 0 Å². The zero-order chi connectivity index (χ0) is 30.0. The van der Waals surface area contributed by atoms with Crippen LogP contribution in [0.3, 0.4) is 0 Å². The van der Waals surface area contributed by atoms with Crippen molar-refractivity contribution in [1.29, 1.82) is 0 Å². The Labute approximate surface area is 266 Å². The van der Waals surface area contributed by atoms with E-state index in [9.17, 15) is 19.2 Å². The molecule has 0 atom stereocenters. The second kappa shape index (κ2) is 8.81. The molecule has 2 aliphatic rings. The van der Waals surface area contributed by atoms with Gasteiger partial charge in [-0.05, 0) is 105 Å². The first-order chi connectivity index (χ1) is 21.3. The van der Waals surface area contributed by atoms with Gasteiger partial charge in [0.1, 0.15) is 0 Å². The summed E-state index contributed by atoms with van der Waals surface area (Å²) in [6.07, 6.45) is 0. The lowest BCUT2D eigenvalue weighted by atomic mass is 9.82. The monoisotopic (exact) mass is 698 g/mol. The Kier molecular flexibility index (Phi) is 5.12. The van der Waals surface area contributed by atoms with Crippen molar-refractivity contribution < 1.29 is 19.2 Å². The molecule has 0 aliphatic carbocycles. The summed E-state index contributed by atoms with van der Waals surface area (Å²) in [6, 6.07) is 28.9. The van der Waals surface area contributed by atoms with Gasteiger partial charge >= 0.3 is 0 Å². The summed E-state index contributed by atoms with van der Waals surface area (Å²) in [5.74, 6) is -1.52. The molecule has 0 radical (unpaired) electrons. The van der Waals surface area contributed by atoms with Crippen LogP contribution in [-0.4, -0.2) is 23.6 Å². The summed E-state index contributed by atoms with van der Waals surface area (Å²) < 4.78 is 1.70. The van der Waals surface area contributed by atoms with Gasteiger partial charge in [0.05, 0.1) is 11.4 Å². The molecule has 0 spiro atoms. The lowest BCUT2D eigenvalue weighted by molar-refractivity contribution is 0.0877. The van der Waals surface area contributed by atoms with E-state index in [0.717, 1.165) is 41.3 Å². The minimum Gasteiger partial charge on any atom is -0.268 e. The molecule has 2 aliphatic heterocycles. The van der Waals surface area contributed by atoms with Gasteiger partial charge in [0, 0.05) is 42.0 Å². The van der Waals surface area contributed by atoms with E-state index in [1.807, 2.05) is 24.3 Å². The highest BCUT2D eigenvalue weighted by Gasteiger charge is 2.37. The van der Waals surface area contributed by atoms with Crippen molar-refractivity contribution in [1.82, 2.24) is 0 Å². The third-order valence-electron chi connectivity index (χ3n) is 8.81. The standard InChI is InChI=1S/C36H16Br2N2O4/c37-17-1-5-19(6-2-17)39-33(41)25-13-9-21-23-11-15-27-32-28(36(44)40(35(27)43)20-7-3-18(38)4-8-20)16-12-24(30(23)32)22-10-14-26(34(39)42)31(25)29(21)22/h1-16H. The van der Waals surface area contributed by atoms with E-state index >= 15 is 0 Å². The van der Waals surface area contributed by atoms with Crippen LogP contribution in [0.25, 0.3) is 43.1 Å². The second-order valence-electron chi connectivity index (χ2n) is 11.0. The summed E-state index contributed by atoms with van der Waals surface area (Å²) in [5, 5.41) is 6.28. The molecule has 44 heavy (non-hydrogen) atoms. The average molecular weight is 700 g/mol. The maximum absolute atomic E-state index is 13.8. The fraction of sp³-hybridized carbons (Fsp3) is 0. The molecule has 4 amide bonds. The molecular weight excluding hydrogens is 684 g/mol. The first kappa shape index (κ1) is 25.6. The summed E-state index contributed by atoms with van der Waals surface area (Å²) in [4.78, 5) is 57.8. The molecule has 0 unspecified atom stereocenters. The largest absolute Gasteiger partial charge is 0.268 e. The molecule has 0 aromatic heterocycles. The number of nitrogens with zero attached hydrogens (tertiary/aromatic N) is 2. The van der Waals surface area contributed by atoms with E-state index in [-0.39, 0.29) is 23.6 Å². The van der Waals surface area contributed by atoms with E-state index in [1.54, 1.807) is 72.8 Å². The number of hydrogen-bond acceptors (Lipinski definition) is 4. The lowest BCUT2D eigenvalue weighted by Crippen LogP contribution is -2.40. The molecule has 208 valence electrons. The van der Waals surface area contributed by atoms with Crippen molar-refractivity contribution in [2.24, 2.45) is 0 Å². The van der Waals surface area contributed by atoms with Crippen molar-refractivity contribution in [2.75, 3.05) is 9.80 Å². The number of fused-ring (bicyclic) bond motifs is 2. The number of benzene rings is 7. The molecule has 6 nitrogen and oxygen atoms in total. The predicted molar refractivity (Wildman–Crippen MR) is 178 cm³/mol. The Morgan fingerprint density at radius 2 is 0.614 bits per heavy atom. The van der Waals surface area contributed by atoms with Crippen LogP contribution in [0.4, 0.5) is 11.4 Å². The maximum atomic E-state index is 13.8. The van der Waals surface area contributed by atoms with Crippen molar-refractivity contribution in [2.45, 2.75) is 0 Å². The van der Waals surface area contributed by atoms with Gasteiger partial charge in [0.25, 0.3) is 23.6 Å². The van der Waals surface area contributed by atoms with E-state index in [2.05, 4.69) is 31.9 Å². The van der Waals surface area contributed by atoms with Gasteiger partial charge in [-0.15, -0.1) is 0 Å². The molecule has 0 N–H and O–H groups in total. The van der Waals surface area contributed by atoms with Crippen LogP contribution >= 0.6 is 31.9 Å². The zero-order valence-electron chi connectivity index (χ0n) is 22.5. The van der Waals surface area contributed by atoms with Crippen LogP contribution in [-0.2, 0) is 0 Å². The highest BCUT2D eigenvalue weighted by Crippen LogP contribution is 2.47. The molecule has 0 saturated carbocycles. The number of carbonyl (C=O) groups excluding carboxylic acids is 4. The molecule has 0 fully saturated rings. The number of anilines is 2. The topological polar surface area (TPSA) is 74.8 Å². The Hall–Kier alpha value is -4.92. The van der Waals surface area contributed by atoms with E-state index < -0.39 is 0 Å². The van der Waals surface area contributed by atoms with Crippen molar-refractivity contribution in [3.05, 3.63) is 128 Å². The summed E-state index contributed by atoms with van der Waals surface area (Å²) in [7, 11) is 0. The first-order valence-electron chi connectivity index (χ1n) is 13.8. The average Bonchev–Trinajstić information content (AvgIpc) is 3.03. The van der Waals surface area contributed by atoms with Gasteiger partial charge in [0.15, 0.2) is 0 Å². The van der Waals surface area contributed by atoms with Gasteiger partial charge in [-0.3, -0.25) is 19.2 Å². The van der Waals surface area contributed by atoms with Crippen molar-refractivity contribution >= 4 is 110 Å². The van der Waals surface area contributed by atoms with Gasteiger partial charge in [-0.25, -0.2) is 9.80 Å². The van der Waals surface area contributed by atoms with Crippen LogP contribution in [0.2, 0.25) is 0 Å². The van der Waals surface area contributed by atoms with E-state index in [0.29, 0.717) is 44.4 Å². The third kappa shape index (κ3) is 3.19. The number of carbonyl (C=O) groups is 4. The SMILES string of the molecule is O=C1c2ccc3c4ccc5c6c(ccc(c7ccc(c2c37)C(=O)N1c1ccc(Br)cc1)c64)C(=O)N(c1ccc(Br)cc1)C5=O. The number of halogens is 2. The second-order valence-corrected chi connectivity index (χ2v) is 12.8. The minimum atomic E-state index is -0.381. The minimum absolute atomic E-state index is 0.381. The lowest BCUT2D eigenvalue weighted by Gasteiger charge is -2.30. The molecule has 7 aromatic rings. The molecular formula is C36H16Br2N2O4. The van der Waals surface area contributed by atoms with Gasteiger partial charge < -0.3 is 0 Å². The molecule has 2 heterocycles.